The molecule has 1 aliphatic rings. The molecule has 1 aromatic carbocycles. The van der Waals surface area contributed by atoms with Crippen LogP contribution in [0.25, 0.3) is 0 Å². The van der Waals surface area contributed by atoms with Crippen LogP contribution in [-0.4, -0.2) is 30.6 Å². The fourth-order valence-electron chi connectivity index (χ4n) is 3.05. The zero-order valence-corrected chi connectivity index (χ0v) is 18.1. The highest BCUT2D eigenvalue weighted by atomic mass is 79.9. The van der Waals surface area contributed by atoms with Crippen LogP contribution in [0.15, 0.2) is 16.6 Å². The largest absolute Gasteiger partial charge is 0.490 e. The van der Waals surface area contributed by atoms with Crippen molar-refractivity contribution in [3.05, 3.63) is 37.7 Å². The van der Waals surface area contributed by atoms with Crippen molar-refractivity contribution in [1.29, 1.82) is 5.26 Å². The van der Waals surface area contributed by atoms with Gasteiger partial charge in [0.05, 0.1) is 33.4 Å². The van der Waals surface area contributed by atoms with E-state index in [9.17, 15) is 4.79 Å². The Morgan fingerprint density at radius 3 is 2.93 bits per heavy atom. The number of halogens is 1. The number of carbonyl (C=O) groups is 1. The number of aryl methyl sites for hydroxylation is 2. The Labute approximate surface area is 177 Å². The molecule has 0 atom stereocenters. The molecule has 1 aliphatic carbocycles. The summed E-state index contributed by atoms with van der Waals surface area (Å²) < 4.78 is 11.8. The van der Waals surface area contributed by atoms with E-state index in [0.717, 1.165) is 24.3 Å². The van der Waals surface area contributed by atoms with Gasteiger partial charge in [-0.3, -0.25) is 4.79 Å². The second-order valence-electron chi connectivity index (χ2n) is 6.40. The molecule has 2 aromatic rings. The van der Waals surface area contributed by atoms with Crippen molar-refractivity contribution in [2.24, 2.45) is 0 Å². The Bertz CT molecular complexity index is 868. The van der Waals surface area contributed by atoms with E-state index < -0.39 is 0 Å². The van der Waals surface area contributed by atoms with Gasteiger partial charge in [0.15, 0.2) is 18.1 Å². The lowest BCUT2D eigenvalue weighted by atomic mass is 10.0. The number of nitrogens with one attached hydrogen (secondary N) is 1. The maximum Gasteiger partial charge on any atom is 0.257 e. The summed E-state index contributed by atoms with van der Waals surface area (Å²) in [6, 6.07) is 5.31. The molecule has 0 saturated heterocycles. The van der Waals surface area contributed by atoms with Crippen LogP contribution in [0.5, 0.6) is 11.5 Å². The predicted molar refractivity (Wildman–Crippen MR) is 111 cm³/mol. The maximum absolute atomic E-state index is 12.1. The minimum absolute atomic E-state index is 0.126. The molecule has 0 fully saturated rings. The molecule has 1 N–H and O–H groups in total. The molecule has 0 bridgehead atoms. The topological polar surface area (TPSA) is 84.2 Å². The number of rotatable bonds is 8. The molecule has 1 amide bonds. The zero-order valence-electron chi connectivity index (χ0n) is 15.7. The molecule has 6 nitrogen and oxygen atoms in total. The van der Waals surface area contributed by atoms with Crippen LogP contribution in [0.4, 0.5) is 0 Å². The number of benzene rings is 1. The van der Waals surface area contributed by atoms with Gasteiger partial charge in [-0.25, -0.2) is 4.98 Å². The Balaban J connectivity index is 1.50. The predicted octanol–water partition coefficient (Wildman–Crippen LogP) is 3.79. The normalized spacial score (nSPS) is 12.8. The molecule has 1 aromatic heterocycles. The number of ether oxygens (including phenoxy) is 2. The van der Waals surface area contributed by atoms with Gasteiger partial charge in [0.25, 0.3) is 5.91 Å². The van der Waals surface area contributed by atoms with Crippen LogP contribution in [0.3, 0.4) is 0 Å². The van der Waals surface area contributed by atoms with Crippen LogP contribution < -0.4 is 14.8 Å². The first kappa shape index (κ1) is 20.6. The maximum atomic E-state index is 12.1. The van der Waals surface area contributed by atoms with Gasteiger partial charge in [-0.2, -0.15) is 5.26 Å². The average molecular weight is 464 g/mol. The minimum Gasteiger partial charge on any atom is -0.490 e. The van der Waals surface area contributed by atoms with Crippen molar-refractivity contribution in [2.45, 2.75) is 39.0 Å². The number of hydrogen-bond acceptors (Lipinski definition) is 6. The quantitative estimate of drug-likeness (QED) is 0.643. The highest BCUT2D eigenvalue weighted by Crippen LogP contribution is 2.36. The Kier molecular flexibility index (Phi) is 7.29. The average Bonchev–Trinajstić information content (AvgIpc) is 3.10. The lowest BCUT2D eigenvalue weighted by molar-refractivity contribution is -0.123. The zero-order chi connectivity index (χ0) is 19.9. The molecular weight excluding hydrogens is 442 g/mol. The monoisotopic (exact) mass is 463 g/mol. The summed E-state index contributed by atoms with van der Waals surface area (Å²) in [4.78, 5) is 18.2. The molecule has 0 radical (unpaired) electrons. The number of carbonyl (C=O) groups excluding carboxylic acids is 1. The van der Waals surface area contributed by atoms with Crippen LogP contribution in [0.2, 0.25) is 0 Å². The number of nitriles is 1. The van der Waals surface area contributed by atoms with Gasteiger partial charge in [-0.05, 0) is 54.6 Å². The summed E-state index contributed by atoms with van der Waals surface area (Å²) in [5.41, 5.74) is 1.70. The molecule has 0 spiro atoms. The van der Waals surface area contributed by atoms with Crippen molar-refractivity contribution in [2.75, 3.05) is 19.8 Å². The number of hydrogen-bond donors (Lipinski definition) is 1. The van der Waals surface area contributed by atoms with Crippen molar-refractivity contribution in [3.8, 4) is 17.6 Å². The van der Waals surface area contributed by atoms with E-state index in [2.05, 4.69) is 32.3 Å². The van der Waals surface area contributed by atoms with Gasteiger partial charge in [0.1, 0.15) is 0 Å². The molecule has 148 valence electrons. The first-order valence-electron chi connectivity index (χ1n) is 9.34. The van der Waals surface area contributed by atoms with Crippen molar-refractivity contribution < 1.29 is 14.3 Å². The van der Waals surface area contributed by atoms with Crippen LogP contribution in [0, 0.1) is 11.3 Å². The minimum atomic E-state index is -0.208. The van der Waals surface area contributed by atoms with Gasteiger partial charge < -0.3 is 14.8 Å². The molecule has 28 heavy (non-hydrogen) atoms. The van der Waals surface area contributed by atoms with Gasteiger partial charge in [0.2, 0.25) is 0 Å². The number of aromatic nitrogens is 1. The molecular formula is C20H22BrN3O3S. The molecule has 0 aliphatic heterocycles. The second kappa shape index (κ2) is 9.89. The SMILES string of the molecule is CCOc1cc(C#N)cc(Br)c1OCC(=O)NCCc1nc2c(s1)CCCC2. The standard InChI is InChI=1S/C20H22BrN3O3S/c1-2-26-16-10-13(11-22)9-14(21)20(16)27-12-18(25)23-8-7-19-24-15-5-3-4-6-17(15)28-19/h9-10H,2-8,12H2,1H3,(H,23,25). The lowest BCUT2D eigenvalue weighted by Gasteiger charge is -2.14. The Morgan fingerprint density at radius 2 is 2.18 bits per heavy atom. The van der Waals surface area contributed by atoms with Crippen molar-refractivity contribution in [1.82, 2.24) is 10.3 Å². The smallest absolute Gasteiger partial charge is 0.257 e. The molecule has 0 saturated carbocycles. The molecule has 1 heterocycles. The summed E-state index contributed by atoms with van der Waals surface area (Å²) >= 11 is 5.14. The van der Waals surface area contributed by atoms with E-state index in [-0.39, 0.29) is 12.5 Å². The number of amides is 1. The highest BCUT2D eigenvalue weighted by Gasteiger charge is 2.16. The van der Waals surface area contributed by atoms with Gasteiger partial charge in [-0.15, -0.1) is 11.3 Å². The first-order valence-corrected chi connectivity index (χ1v) is 10.9. The van der Waals surface area contributed by atoms with Gasteiger partial charge in [0, 0.05) is 23.9 Å². The van der Waals surface area contributed by atoms with E-state index in [0.29, 0.717) is 34.7 Å². The fraction of sp³-hybridized carbons (Fsp3) is 0.450. The summed E-state index contributed by atoms with van der Waals surface area (Å²) in [5, 5.41) is 13.0. The van der Waals surface area contributed by atoms with Gasteiger partial charge in [-0.1, -0.05) is 0 Å². The van der Waals surface area contributed by atoms with E-state index in [4.69, 9.17) is 14.7 Å². The third-order valence-corrected chi connectivity index (χ3v) is 6.14. The van der Waals surface area contributed by atoms with E-state index >= 15 is 0 Å². The highest BCUT2D eigenvalue weighted by molar-refractivity contribution is 9.10. The van der Waals surface area contributed by atoms with E-state index in [1.165, 1.54) is 23.4 Å². The van der Waals surface area contributed by atoms with Crippen LogP contribution in [0.1, 0.15) is 40.9 Å². The Hall–Kier alpha value is -2.11. The molecule has 8 heteroatoms. The van der Waals surface area contributed by atoms with Gasteiger partial charge >= 0.3 is 0 Å². The molecule has 0 unspecified atom stereocenters. The summed E-state index contributed by atoms with van der Waals surface area (Å²) in [6.07, 6.45) is 5.41. The third-order valence-electron chi connectivity index (χ3n) is 4.34. The number of thiazole rings is 1. The Morgan fingerprint density at radius 1 is 1.36 bits per heavy atom. The van der Waals surface area contributed by atoms with Crippen LogP contribution >= 0.6 is 27.3 Å². The lowest BCUT2D eigenvalue weighted by Crippen LogP contribution is -2.30. The fourth-order valence-corrected chi connectivity index (χ4v) is 4.76. The summed E-state index contributed by atoms with van der Waals surface area (Å²) in [5.74, 6) is 0.651. The third kappa shape index (κ3) is 5.24. The number of nitrogens with zero attached hydrogens (tertiary/aromatic N) is 2. The van der Waals surface area contributed by atoms with E-state index in [1.54, 1.807) is 23.5 Å². The summed E-state index contributed by atoms with van der Waals surface area (Å²) in [6.45, 7) is 2.68. The van der Waals surface area contributed by atoms with Crippen molar-refractivity contribution >= 4 is 33.2 Å². The first-order chi connectivity index (χ1) is 13.6. The summed E-state index contributed by atoms with van der Waals surface area (Å²) in [7, 11) is 0. The second-order valence-corrected chi connectivity index (χ2v) is 8.43. The van der Waals surface area contributed by atoms with E-state index in [1.807, 2.05) is 6.92 Å². The van der Waals surface area contributed by atoms with Crippen molar-refractivity contribution in [3.63, 3.8) is 0 Å². The number of fused-ring (bicyclic) bond motifs is 1. The van der Waals surface area contributed by atoms with Crippen LogP contribution in [-0.2, 0) is 24.1 Å². The molecule has 3 rings (SSSR count).